The van der Waals surface area contributed by atoms with Crippen molar-refractivity contribution in [3.8, 4) is 0 Å². The van der Waals surface area contributed by atoms with E-state index in [-0.39, 0.29) is 0 Å². The first-order valence-electron chi connectivity index (χ1n) is 8.51. The smallest absolute Gasteiger partial charge is 0.00156 e. The van der Waals surface area contributed by atoms with Crippen LogP contribution in [0.2, 0.25) is 0 Å². The lowest BCUT2D eigenvalue weighted by molar-refractivity contribution is 0.139. The van der Waals surface area contributed by atoms with Crippen molar-refractivity contribution >= 4 is 0 Å². The lowest BCUT2D eigenvalue weighted by Crippen LogP contribution is -2.41. The van der Waals surface area contributed by atoms with Gasteiger partial charge >= 0.3 is 0 Å². The number of benzene rings is 1. The van der Waals surface area contributed by atoms with Crippen LogP contribution < -0.4 is 0 Å². The Hall–Kier alpha value is -0.820. The van der Waals surface area contributed by atoms with Gasteiger partial charge in [-0.15, -0.1) is 0 Å². The number of rotatable bonds is 3. The number of hydrogen-bond acceptors (Lipinski definition) is 1. The SMILES string of the molecule is CCCCN1CC[C@H]2c3cc(C)cc(C)c3CC[C@H]2C1. The normalized spacial score (nSPS) is 26.1. The highest BCUT2D eigenvalue weighted by atomic mass is 15.1. The van der Waals surface area contributed by atoms with Gasteiger partial charge < -0.3 is 4.90 Å². The summed E-state index contributed by atoms with van der Waals surface area (Å²) in [6.45, 7) is 10.8. The van der Waals surface area contributed by atoms with Gasteiger partial charge in [0.2, 0.25) is 0 Å². The van der Waals surface area contributed by atoms with Crippen molar-refractivity contribution in [2.75, 3.05) is 19.6 Å². The largest absolute Gasteiger partial charge is 0.303 e. The van der Waals surface area contributed by atoms with E-state index in [4.69, 9.17) is 0 Å². The molecule has 1 heterocycles. The van der Waals surface area contributed by atoms with Crippen LogP contribution in [0.3, 0.4) is 0 Å². The first-order valence-corrected chi connectivity index (χ1v) is 8.51. The predicted molar refractivity (Wildman–Crippen MR) is 86.4 cm³/mol. The van der Waals surface area contributed by atoms with Crippen molar-refractivity contribution in [1.29, 1.82) is 0 Å². The van der Waals surface area contributed by atoms with E-state index < -0.39 is 0 Å². The van der Waals surface area contributed by atoms with Crippen molar-refractivity contribution in [3.05, 3.63) is 34.4 Å². The number of nitrogens with zero attached hydrogens (tertiary/aromatic N) is 1. The van der Waals surface area contributed by atoms with E-state index in [1.807, 2.05) is 0 Å². The summed E-state index contributed by atoms with van der Waals surface area (Å²) in [5.74, 6) is 1.75. The summed E-state index contributed by atoms with van der Waals surface area (Å²) in [6.07, 6.45) is 6.79. The highest BCUT2D eigenvalue weighted by molar-refractivity contribution is 5.42. The molecule has 0 spiro atoms. The maximum Gasteiger partial charge on any atom is 0.00156 e. The number of aryl methyl sites for hydroxylation is 2. The zero-order chi connectivity index (χ0) is 14.1. The van der Waals surface area contributed by atoms with Crippen LogP contribution in [-0.2, 0) is 6.42 Å². The van der Waals surface area contributed by atoms with Crippen LogP contribution in [-0.4, -0.2) is 24.5 Å². The fraction of sp³-hybridized carbons (Fsp3) is 0.684. The molecule has 1 aliphatic carbocycles. The Morgan fingerprint density at radius 3 is 2.85 bits per heavy atom. The van der Waals surface area contributed by atoms with Crippen LogP contribution in [0.15, 0.2) is 12.1 Å². The van der Waals surface area contributed by atoms with Gasteiger partial charge in [0.15, 0.2) is 0 Å². The van der Waals surface area contributed by atoms with E-state index in [0.29, 0.717) is 0 Å². The Morgan fingerprint density at radius 1 is 1.20 bits per heavy atom. The predicted octanol–water partition coefficient (Wildman–Crippen LogP) is 4.46. The highest BCUT2D eigenvalue weighted by Gasteiger charge is 2.34. The molecule has 0 saturated carbocycles. The molecule has 1 aromatic carbocycles. The third-order valence-corrected chi connectivity index (χ3v) is 5.46. The monoisotopic (exact) mass is 271 g/mol. The van der Waals surface area contributed by atoms with Crippen molar-refractivity contribution in [2.24, 2.45) is 5.92 Å². The molecular formula is C19H29N. The Kier molecular flexibility index (Phi) is 4.16. The van der Waals surface area contributed by atoms with E-state index in [1.165, 1.54) is 62.9 Å². The quantitative estimate of drug-likeness (QED) is 0.785. The Labute approximate surface area is 124 Å². The van der Waals surface area contributed by atoms with E-state index in [1.54, 1.807) is 11.1 Å². The Bertz CT molecular complexity index is 477. The van der Waals surface area contributed by atoms with Crippen LogP contribution >= 0.6 is 0 Å². The minimum atomic E-state index is 0.843. The van der Waals surface area contributed by atoms with Crippen molar-refractivity contribution < 1.29 is 0 Å². The van der Waals surface area contributed by atoms with Gasteiger partial charge in [0, 0.05) is 6.54 Å². The highest BCUT2D eigenvalue weighted by Crippen LogP contribution is 2.42. The van der Waals surface area contributed by atoms with Gasteiger partial charge in [-0.3, -0.25) is 0 Å². The molecule has 0 unspecified atom stereocenters. The van der Waals surface area contributed by atoms with E-state index in [2.05, 4.69) is 37.8 Å². The standard InChI is InChI=1S/C19H29N/c1-4-5-9-20-10-8-18-16(13-20)6-7-17-15(3)11-14(2)12-19(17)18/h11-12,16,18H,4-10,13H2,1-3H3/t16-,18+/m0/s1. The molecule has 0 radical (unpaired) electrons. The molecule has 3 rings (SSSR count). The molecule has 20 heavy (non-hydrogen) atoms. The second-order valence-corrected chi connectivity index (χ2v) is 7.00. The molecule has 0 amide bonds. The summed E-state index contributed by atoms with van der Waals surface area (Å²) in [4.78, 5) is 2.72. The van der Waals surface area contributed by atoms with Crippen LogP contribution in [0.5, 0.6) is 0 Å². The van der Waals surface area contributed by atoms with Crippen LogP contribution in [0.1, 0.15) is 60.8 Å². The average Bonchev–Trinajstić information content (AvgIpc) is 2.44. The minimum absolute atomic E-state index is 0.843. The summed E-state index contributed by atoms with van der Waals surface area (Å²) in [5.41, 5.74) is 6.37. The number of unbranched alkanes of at least 4 members (excludes halogenated alkanes) is 1. The van der Waals surface area contributed by atoms with Crippen molar-refractivity contribution in [3.63, 3.8) is 0 Å². The van der Waals surface area contributed by atoms with Crippen LogP contribution in [0, 0.1) is 19.8 Å². The maximum absolute atomic E-state index is 2.72. The molecule has 1 aromatic rings. The molecule has 1 aliphatic heterocycles. The second kappa shape index (κ2) is 5.89. The lowest BCUT2D eigenvalue weighted by atomic mass is 9.70. The third-order valence-electron chi connectivity index (χ3n) is 5.46. The molecule has 1 heteroatoms. The van der Waals surface area contributed by atoms with E-state index >= 15 is 0 Å². The second-order valence-electron chi connectivity index (χ2n) is 7.00. The molecule has 2 aliphatic rings. The Morgan fingerprint density at radius 2 is 2.05 bits per heavy atom. The molecule has 0 bridgehead atoms. The zero-order valence-corrected chi connectivity index (χ0v) is 13.4. The number of piperidine rings is 1. The zero-order valence-electron chi connectivity index (χ0n) is 13.4. The summed E-state index contributed by atoms with van der Waals surface area (Å²) in [7, 11) is 0. The van der Waals surface area contributed by atoms with Gasteiger partial charge in [-0.05, 0) is 81.1 Å². The maximum atomic E-state index is 2.72. The molecule has 0 N–H and O–H groups in total. The molecular weight excluding hydrogens is 242 g/mol. The van der Waals surface area contributed by atoms with Gasteiger partial charge in [-0.1, -0.05) is 31.0 Å². The summed E-state index contributed by atoms with van der Waals surface area (Å²) >= 11 is 0. The van der Waals surface area contributed by atoms with Gasteiger partial charge in [-0.25, -0.2) is 0 Å². The van der Waals surface area contributed by atoms with Gasteiger partial charge in [0.05, 0.1) is 0 Å². The fourth-order valence-electron chi connectivity index (χ4n) is 4.43. The van der Waals surface area contributed by atoms with Crippen molar-refractivity contribution in [2.45, 2.75) is 58.8 Å². The number of hydrogen-bond donors (Lipinski definition) is 0. The first kappa shape index (κ1) is 14.1. The van der Waals surface area contributed by atoms with Gasteiger partial charge in [0.25, 0.3) is 0 Å². The van der Waals surface area contributed by atoms with Gasteiger partial charge in [0.1, 0.15) is 0 Å². The number of likely N-dealkylation sites (tertiary alicyclic amines) is 1. The molecule has 2 atom stereocenters. The summed E-state index contributed by atoms with van der Waals surface area (Å²) in [5, 5.41) is 0. The molecule has 1 fully saturated rings. The molecule has 1 saturated heterocycles. The number of fused-ring (bicyclic) bond motifs is 3. The van der Waals surface area contributed by atoms with E-state index in [0.717, 1.165) is 11.8 Å². The minimum Gasteiger partial charge on any atom is -0.303 e. The van der Waals surface area contributed by atoms with Gasteiger partial charge in [-0.2, -0.15) is 0 Å². The third kappa shape index (κ3) is 2.65. The Balaban J connectivity index is 1.78. The molecule has 0 aromatic heterocycles. The summed E-state index contributed by atoms with van der Waals surface area (Å²) in [6, 6.07) is 4.86. The van der Waals surface area contributed by atoms with Crippen LogP contribution in [0.4, 0.5) is 0 Å². The topological polar surface area (TPSA) is 3.24 Å². The molecule has 110 valence electrons. The molecule has 1 nitrogen and oxygen atoms in total. The summed E-state index contributed by atoms with van der Waals surface area (Å²) < 4.78 is 0. The fourth-order valence-corrected chi connectivity index (χ4v) is 4.43. The van der Waals surface area contributed by atoms with Crippen molar-refractivity contribution in [1.82, 2.24) is 4.90 Å². The average molecular weight is 271 g/mol. The van der Waals surface area contributed by atoms with Crippen LogP contribution in [0.25, 0.3) is 0 Å². The van der Waals surface area contributed by atoms with E-state index in [9.17, 15) is 0 Å². The lowest BCUT2D eigenvalue weighted by Gasteiger charge is -2.43. The first-order chi connectivity index (χ1) is 9.69.